The van der Waals surface area contributed by atoms with Gasteiger partial charge in [-0.15, -0.1) is 0 Å². The molecule has 1 aliphatic rings. The van der Waals surface area contributed by atoms with E-state index < -0.39 is 10.8 Å². The predicted molar refractivity (Wildman–Crippen MR) is 139 cm³/mol. The van der Waals surface area contributed by atoms with Gasteiger partial charge in [0.25, 0.3) is 11.6 Å². The molecule has 0 aromatic heterocycles. The second kappa shape index (κ2) is 9.91. The van der Waals surface area contributed by atoms with Crippen LogP contribution < -0.4 is 10.1 Å². The van der Waals surface area contributed by atoms with Crippen molar-refractivity contribution in [2.24, 2.45) is 4.99 Å². The molecule has 9 heteroatoms. The van der Waals surface area contributed by atoms with Crippen LogP contribution in [0.3, 0.4) is 0 Å². The van der Waals surface area contributed by atoms with E-state index in [0.29, 0.717) is 22.7 Å². The van der Waals surface area contributed by atoms with Crippen molar-refractivity contribution in [1.82, 2.24) is 0 Å². The minimum atomic E-state index is -0.647. The first kappa shape index (κ1) is 25.1. The monoisotopic (exact) mass is 505 g/mol. The Morgan fingerprint density at radius 3 is 2.44 bits per heavy atom. The highest BCUT2D eigenvalue weighted by Gasteiger charge is 2.28. The van der Waals surface area contributed by atoms with Crippen LogP contribution in [0.5, 0.6) is 5.75 Å². The minimum Gasteiger partial charge on any atom is -0.497 e. The lowest BCUT2D eigenvalue weighted by molar-refractivity contribution is -0.384. The first-order valence-corrected chi connectivity index (χ1v) is 11.6. The summed E-state index contributed by atoms with van der Waals surface area (Å²) in [6, 6.07) is 16.1. The number of halogens is 1. The number of aliphatic imine (C=N–C) groups is 1. The Labute approximate surface area is 213 Å². The molecular formula is C27H24ClN3O5. The Bertz CT molecular complexity index is 1400. The summed E-state index contributed by atoms with van der Waals surface area (Å²) in [5.41, 5.74) is 3.11. The van der Waals surface area contributed by atoms with E-state index in [-0.39, 0.29) is 34.0 Å². The van der Waals surface area contributed by atoms with Gasteiger partial charge in [-0.3, -0.25) is 24.7 Å². The van der Waals surface area contributed by atoms with Gasteiger partial charge >= 0.3 is 0 Å². The molecule has 1 amide bonds. The van der Waals surface area contributed by atoms with E-state index in [4.69, 9.17) is 21.3 Å². The van der Waals surface area contributed by atoms with E-state index in [1.165, 1.54) is 12.1 Å². The molecule has 0 bridgehead atoms. The fourth-order valence-corrected chi connectivity index (χ4v) is 4.35. The largest absolute Gasteiger partial charge is 0.497 e. The van der Waals surface area contributed by atoms with Crippen molar-refractivity contribution in [2.45, 2.75) is 32.2 Å². The zero-order valence-electron chi connectivity index (χ0n) is 20.0. The van der Waals surface area contributed by atoms with Gasteiger partial charge < -0.3 is 10.1 Å². The van der Waals surface area contributed by atoms with Gasteiger partial charge in [-0.1, -0.05) is 17.7 Å². The van der Waals surface area contributed by atoms with E-state index in [9.17, 15) is 19.7 Å². The number of carbonyl (C=O) groups is 2. The number of ketones is 1. The zero-order valence-corrected chi connectivity index (χ0v) is 20.8. The van der Waals surface area contributed by atoms with Crippen molar-refractivity contribution in [3.8, 4) is 5.75 Å². The van der Waals surface area contributed by atoms with Crippen molar-refractivity contribution in [3.05, 3.63) is 98.1 Å². The lowest BCUT2D eigenvalue weighted by atomic mass is 9.85. The molecule has 0 radical (unpaired) electrons. The molecular weight excluding hydrogens is 482 g/mol. The molecule has 0 spiro atoms. The van der Waals surface area contributed by atoms with Gasteiger partial charge in [0.2, 0.25) is 0 Å². The Morgan fingerprint density at radius 1 is 1.08 bits per heavy atom. The lowest BCUT2D eigenvalue weighted by Crippen LogP contribution is -2.30. The average Bonchev–Trinajstić information content (AvgIpc) is 2.83. The van der Waals surface area contributed by atoms with Crippen LogP contribution in [-0.4, -0.2) is 35.0 Å². The fourth-order valence-electron chi connectivity index (χ4n) is 4.16. The maximum Gasteiger partial charge on any atom is 0.288 e. The van der Waals surface area contributed by atoms with Gasteiger partial charge in [0.15, 0.2) is 5.78 Å². The third-order valence-corrected chi connectivity index (χ3v) is 6.21. The lowest BCUT2D eigenvalue weighted by Gasteiger charge is -2.29. The number of anilines is 1. The van der Waals surface area contributed by atoms with Crippen LogP contribution in [0.25, 0.3) is 0 Å². The van der Waals surface area contributed by atoms with E-state index in [2.05, 4.69) is 5.32 Å². The number of nitrogens with one attached hydrogen (secondary N) is 1. The van der Waals surface area contributed by atoms with Crippen LogP contribution in [0.15, 0.2) is 65.7 Å². The molecule has 4 rings (SSSR count). The summed E-state index contributed by atoms with van der Waals surface area (Å²) in [7, 11) is 1.60. The number of hydrogen-bond donors (Lipinski definition) is 1. The molecule has 0 saturated carbocycles. The van der Waals surface area contributed by atoms with Crippen LogP contribution >= 0.6 is 11.6 Å². The molecule has 1 heterocycles. The molecule has 0 unspecified atom stereocenters. The summed E-state index contributed by atoms with van der Waals surface area (Å²) in [6.07, 6.45) is 0.902. The predicted octanol–water partition coefficient (Wildman–Crippen LogP) is 5.91. The van der Waals surface area contributed by atoms with Crippen molar-refractivity contribution < 1.29 is 19.2 Å². The van der Waals surface area contributed by atoms with E-state index >= 15 is 0 Å². The average molecular weight is 506 g/mol. The maximum atomic E-state index is 13.1. The second-order valence-corrected chi connectivity index (χ2v) is 9.53. The standard InChI is InChI=1S/C27H24ClN3O5/c1-27(2)15-18-6-10-20(36-3)13-21(18)23(30-27)14-25(32)16-4-8-19(9-5-16)29-26(33)17-7-11-22(28)24(12-17)31(34)35/h4-13H,14-15H2,1-3H3,(H,29,33). The van der Waals surface area contributed by atoms with Gasteiger partial charge in [0, 0.05) is 28.4 Å². The smallest absolute Gasteiger partial charge is 0.288 e. The number of Topliss-reactive ketones (excluding diaryl/α,β-unsaturated/α-hetero) is 1. The van der Waals surface area contributed by atoms with Crippen molar-refractivity contribution in [3.63, 3.8) is 0 Å². The normalized spacial score (nSPS) is 13.8. The number of carbonyl (C=O) groups excluding carboxylic acids is 2. The number of nitro benzene ring substituents is 1. The molecule has 8 nitrogen and oxygen atoms in total. The summed E-state index contributed by atoms with van der Waals surface area (Å²) >= 11 is 5.81. The Hall–Kier alpha value is -4.04. The number of nitro groups is 1. The van der Waals surface area contributed by atoms with Crippen LogP contribution in [0.1, 0.15) is 52.1 Å². The molecule has 3 aromatic rings. The third kappa shape index (κ3) is 5.44. The highest BCUT2D eigenvalue weighted by atomic mass is 35.5. The van der Waals surface area contributed by atoms with Gasteiger partial charge in [0.1, 0.15) is 10.8 Å². The maximum absolute atomic E-state index is 13.1. The van der Waals surface area contributed by atoms with Gasteiger partial charge in [-0.05, 0) is 74.4 Å². The number of methoxy groups -OCH3 is 1. The van der Waals surface area contributed by atoms with Crippen LogP contribution in [-0.2, 0) is 6.42 Å². The van der Waals surface area contributed by atoms with Gasteiger partial charge in [-0.2, -0.15) is 0 Å². The summed E-state index contributed by atoms with van der Waals surface area (Å²) in [4.78, 5) is 40.9. The Kier molecular flexibility index (Phi) is 6.90. The number of ether oxygens (including phenoxy) is 1. The van der Waals surface area contributed by atoms with Crippen molar-refractivity contribution in [1.29, 1.82) is 0 Å². The van der Waals surface area contributed by atoms with Crippen molar-refractivity contribution >= 4 is 40.4 Å². The van der Waals surface area contributed by atoms with E-state index in [1.807, 2.05) is 32.0 Å². The number of fused-ring (bicyclic) bond motifs is 1. The summed E-state index contributed by atoms with van der Waals surface area (Å²) in [5.74, 6) is 0.0735. The topological polar surface area (TPSA) is 111 Å². The SMILES string of the molecule is COc1ccc2c(c1)C(CC(=O)c1ccc(NC(=O)c3ccc(Cl)c([N+](=O)[O-])c3)cc1)=NC(C)(C)C2. The molecule has 36 heavy (non-hydrogen) atoms. The summed E-state index contributed by atoms with van der Waals surface area (Å²) < 4.78 is 5.36. The molecule has 184 valence electrons. The Morgan fingerprint density at radius 2 is 1.78 bits per heavy atom. The Balaban J connectivity index is 1.49. The number of hydrogen-bond acceptors (Lipinski definition) is 6. The van der Waals surface area contributed by atoms with E-state index in [0.717, 1.165) is 23.6 Å². The quantitative estimate of drug-likeness (QED) is 0.244. The zero-order chi connectivity index (χ0) is 26.0. The molecule has 0 aliphatic carbocycles. The van der Waals surface area contributed by atoms with Crippen LogP contribution in [0.2, 0.25) is 5.02 Å². The molecule has 1 aliphatic heterocycles. The van der Waals surface area contributed by atoms with Crippen LogP contribution in [0.4, 0.5) is 11.4 Å². The molecule has 3 aromatic carbocycles. The van der Waals surface area contributed by atoms with Crippen LogP contribution in [0, 0.1) is 10.1 Å². The van der Waals surface area contributed by atoms with Gasteiger partial charge in [-0.25, -0.2) is 0 Å². The molecule has 1 N–H and O–H groups in total. The summed E-state index contributed by atoms with van der Waals surface area (Å²) in [6.45, 7) is 4.08. The molecule has 0 fully saturated rings. The highest BCUT2D eigenvalue weighted by Crippen LogP contribution is 2.31. The molecule has 0 atom stereocenters. The minimum absolute atomic E-state index is 0.0496. The summed E-state index contributed by atoms with van der Waals surface area (Å²) in [5, 5.41) is 13.7. The number of benzene rings is 3. The second-order valence-electron chi connectivity index (χ2n) is 9.13. The van der Waals surface area contributed by atoms with Gasteiger partial charge in [0.05, 0.1) is 29.7 Å². The fraction of sp³-hybridized carbons (Fsp3) is 0.222. The third-order valence-electron chi connectivity index (χ3n) is 5.89. The first-order valence-electron chi connectivity index (χ1n) is 11.2. The number of amides is 1. The first-order chi connectivity index (χ1) is 17.1. The molecule has 0 saturated heterocycles. The number of nitrogens with zero attached hydrogens (tertiary/aromatic N) is 2. The van der Waals surface area contributed by atoms with E-state index in [1.54, 1.807) is 31.4 Å². The van der Waals surface area contributed by atoms with Crippen molar-refractivity contribution in [2.75, 3.05) is 12.4 Å². The highest BCUT2D eigenvalue weighted by molar-refractivity contribution is 6.32. The number of rotatable bonds is 7.